The van der Waals surface area contributed by atoms with Gasteiger partial charge in [-0.2, -0.15) is 0 Å². The molecule has 0 saturated carbocycles. The number of aliphatic imine (C=N–C) groups is 2. The summed E-state index contributed by atoms with van der Waals surface area (Å²) in [6.07, 6.45) is -0.343. The van der Waals surface area contributed by atoms with Crippen LogP contribution >= 0.6 is 0 Å². The van der Waals surface area contributed by atoms with E-state index in [9.17, 15) is 0 Å². The first-order chi connectivity index (χ1) is 21.3. The van der Waals surface area contributed by atoms with E-state index >= 15 is 0 Å². The molecule has 1 unspecified atom stereocenters. The van der Waals surface area contributed by atoms with Crippen LogP contribution in [0.25, 0.3) is 38.6 Å². The van der Waals surface area contributed by atoms with E-state index in [-0.39, 0.29) is 6.17 Å². The van der Waals surface area contributed by atoms with Crippen LogP contribution in [-0.2, 0) is 0 Å². The Hall–Kier alpha value is -5.74. The summed E-state index contributed by atoms with van der Waals surface area (Å²) in [5, 5.41) is 6.08. The molecule has 0 amide bonds. The van der Waals surface area contributed by atoms with Gasteiger partial charge in [-0.25, -0.2) is 9.98 Å². The maximum Gasteiger partial charge on any atom is 0.169 e. The highest BCUT2D eigenvalue weighted by Crippen LogP contribution is 2.32. The maximum atomic E-state index is 5.08. The smallest absolute Gasteiger partial charge is 0.169 e. The number of rotatable bonds is 5. The summed E-state index contributed by atoms with van der Waals surface area (Å²) in [4.78, 5) is 10.2. The lowest BCUT2D eigenvalue weighted by Gasteiger charge is -2.23. The molecule has 0 radical (unpaired) electrons. The molecule has 43 heavy (non-hydrogen) atoms. The van der Waals surface area contributed by atoms with Crippen LogP contribution in [0.15, 0.2) is 168 Å². The van der Waals surface area contributed by atoms with Crippen LogP contribution in [0.2, 0.25) is 0 Å². The molecule has 4 heteroatoms. The van der Waals surface area contributed by atoms with Crippen molar-refractivity contribution in [1.82, 2.24) is 9.88 Å². The van der Waals surface area contributed by atoms with Crippen molar-refractivity contribution in [3.63, 3.8) is 0 Å². The largest absolute Gasteiger partial charge is 0.324 e. The van der Waals surface area contributed by atoms with Gasteiger partial charge in [-0.1, -0.05) is 115 Å². The fraction of sp³-hybridized carbons (Fsp3) is 0.0256. The van der Waals surface area contributed by atoms with Crippen molar-refractivity contribution < 1.29 is 0 Å². The number of para-hydroxylation sites is 2. The molecule has 4 nitrogen and oxygen atoms in total. The highest BCUT2D eigenvalue weighted by atomic mass is 15.2. The first-order valence-electron chi connectivity index (χ1n) is 14.5. The Bertz CT molecular complexity index is 2090. The molecule has 0 spiro atoms. The second-order valence-corrected chi connectivity index (χ2v) is 10.7. The topological polar surface area (TPSA) is 41.7 Å². The first kappa shape index (κ1) is 25.0. The van der Waals surface area contributed by atoms with E-state index in [1.807, 2.05) is 24.3 Å². The molecule has 0 saturated heterocycles. The van der Waals surface area contributed by atoms with Crippen molar-refractivity contribution in [2.45, 2.75) is 6.17 Å². The number of nitrogens with one attached hydrogen (secondary N) is 1. The number of benzene rings is 6. The lowest BCUT2D eigenvalue weighted by molar-refractivity contribution is 0.756. The number of nitrogens with zero attached hydrogens (tertiary/aromatic N) is 3. The number of aromatic nitrogens is 1. The summed E-state index contributed by atoms with van der Waals surface area (Å²) >= 11 is 0. The third-order valence-corrected chi connectivity index (χ3v) is 8.06. The molecule has 204 valence electrons. The normalized spacial score (nSPS) is 14.7. The highest BCUT2D eigenvalue weighted by Gasteiger charge is 2.21. The van der Waals surface area contributed by atoms with Crippen molar-refractivity contribution >= 4 is 33.5 Å². The van der Waals surface area contributed by atoms with Gasteiger partial charge in [0, 0.05) is 27.6 Å². The molecule has 1 aliphatic heterocycles. The van der Waals surface area contributed by atoms with Gasteiger partial charge in [0.15, 0.2) is 6.17 Å². The molecular formula is C39H28N4. The zero-order chi connectivity index (χ0) is 28.6. The molecule has 1 aliphatic rings. The van der Waals surface area contributed by atoms with Crippen molar-refractivity contribution in [2.24, 2.45) is 9.98 Å². The van der Waals surface area contributed by atoms with E-state index < -0.39 is 0 Å². The third kappa shape index (κ3) is 4.59. The number of hydrogen-bond donors (Lipinski definition) is 1. The highest BCUT2D eigenvalue weighted by molar-refractivity contribution is 6.16. The van der Waals surface area contributed by atoms with Gasteiger partial charge in [-0.05, 0) is 59.2 Å². The fourth-order valence-corrected chi connectivity index (χ4v) is 5.96. The molecule has 1 atom stereocenters. The average molecular weight is 553 g/mol. The van der Waals surface area contributed by atoms with Crippen molar-refractivity contribution in [1.29, 1.82) is 0 Å². The van der Waals surface area contributed by atoms with Gasteiger partial charge < -0.3 is 9.88 Å². The van der Waals surface area contributed by atoms with E-state index in [2.05, 4.69) is 143 Å². The first-order valence-corrected chi connectivity index (χ1v) is 14.5. The lowest BCUT2D eigenvalue weighted by Crippen LogP contribution is -2.36. The van der Waals surface area contributed by atoms with Crippen molar-refractivity contribution in [2.75, 3.05) is 0 Å². The van der Waals surface area contributed by atoms with Gasteiger partial charge >= 0.3 is 0 Å². The Morgan fingerprint density at radius 1 is 0.442 bits per heavy atom. The summed E-state index contributed by atoms with van der Waals surface area (Å²) < 4.78 is 2.33. The Labute approximate surface area is 250 Å². The van der Waals surface area contributed by atoms with E-state index in [0.717, 1.165) is 39.6 Å². The fourth-order valence-electron chi connectivity index (χ4n) is 5.96. The second kappa shape index (κ2) is 10.6. The Kier molecular flexibility index (Phi) is 6.16. The number of amidine groups is 2. The molecule has 0 bridgehead atoms. The van der Waals surface area contributed by atoms with Gasteiger partial charge in [0.25, 0.3) is 0 Å². The minimum Gasteiger partial charge on any atom is -0.324 e. The molecule has 6 aromatic carbocycles. The molecular weight excluding hydrogens is 524 g/mol. The molecule has 2 heterocycles. The van der Waals surface area contributed by atoms with Crippen LogP contribution in [0.1, 0.15) is 22.9 Å². The van der Waals surface area contributed by atoms with Crippen LogP contribution in [0.3, 0.4) is 0 Å². The van der Waals surface area contributed by atoms with E-state index in [4.69, 9.17) is 9.98 Å². The predicted octanol–water partition coefficient (Wildman–Crippen LogP) is 8.95. The zero-order valence-corrected chi connectivity index (χ0v) is 23.4. The Balaban J connectivity index is 1.19. The molecule has 1 N–H and O–H groups in total. The van der Waals surface area contributed by atoms with Crippen molar-refractivity contribution in [3.05, 3.63) is 174 Å². The van der Waals surface area contributed by atoms with Crippen LogP contribution < -0.4 is 5.32 Å². The molecule has 7 aromatic rings. The minimum atomic E-state index is -0.343. The van der Waals surface area contributed by atoms with E-state index in [0.29, 0.717) is 0 Å². The van der Waals surface area contributed by atoms with Gasteiger partial charge in [0.2, 0.25) is 0 Å². The van der Waals surface area contributed by atoms with Gasteiger partial charge in [-0.15, -0.1) is 0 Å². The van der Waals surface area contributed by atoms with Crippen LogP contribution in [0.4, 0.5) is 0 Å². The third-order valence-electron chi connectivity index (χ3n) is 8.06. The summed E-state index contributed by atoms with van der Waals surface area (Å²) in [6.45, 7) is 0. The van der Waals surface area contributed by atoms with E-state index in [1.165, 1.54) is 27.4 Å². The molecule has 1 aromatic heterocycles. The average Bonchev–Trinajstić information content (AvgIpc) is 3.43. The van der Waals surface area contributed by atoms with Crippen molar-refractivity contribution in [3.8, 4) is 16.8 Å². The zero-order valence-electron chi connectivity index (χ0n) is 23.4. The Morgan fingerprint density at radius 2 is 0.977 bits per heavy atom. The molecule has 0 aliphatic carbocycles. The van der Waals surface area contributed by atoms with Crippen LogP contribution in [-0.4, -0.2) is 16.2 Å². The van der Waals surface area contributed by atoms with Gasteiger partial charge in [-0.3, -0.25) is 0 Å². The van der Waals surface area contributed by atoms with Gasteiger partial charge in [0.05, 0.1) is 11.0 Å². The summed E-state index contributed by atoms with van der Waals surface area (Å²) in [5.41, 5.74) is 8.92. The lowest BCUT2D eigenvalue weighted by atomic mass is 10.0. The summed E-state index contributed by atoms with van der Waals surface area (Å²) in [5.74, 6) is 1.61. The van der Waals surface area contributed by atoms with Crippen LogP contribution in [0, 0.1) is 0 Å². The maximum absolute atomic E-state index is 5.08. The van der Waals surface area contributed by atoms with E-state index in [1.54, 1.807) is 0 Å². The monoisotopic (exact) mass is 552 g/mol. The summed E-state index contributed by atoms with van der Waals surface area (Å²) in [6, 6.07) is 55.1. The van der Waals surface area contributed by atoms with Gasteiger partial charge in [0.1, 0.15) is 11.7 Å². The second-order valence-electron chi connectivity index (χ2n) is 10.7. The molecule has 8 rings (SSSR count). The van der Waals surface area contributed by atoms with Crippen LogP contribution in [0.5, 0.6) is 0 Å². The quantitative estimate of drug-likeness (QED) is 0.228. The molecule has 0 fully saturated rings. The summed E-state index contributed by atoms with van der Waals surface area (Å²) in [7, 11) is 0. The number of hydrogen-bond acceptors (Lipinski definition) is 3. The number of fused-ring (bicyclic) bond motifs is 3. The predicted molar refractivity (Wildman–Crippen MR) is 178 cm³/mol. The SMILES string of the molecule is c1ccc(-c2cccc(C3=NC(c4ccccc4)N=C(c4ccc(-n5c6ccccc6c6ccccc65)cc4)N3)c2)cc1. The standard InChI is InChI=1S/C39H28N4/c1-3-12-27(13-4-1)30-16-11-17-31(26-30)39-41-37(28-14-5-2-6-15-28)40-38(42-39)29-22-24-32(25-23-29)43-35-20-9-7-18-33(35)34-19-8-10-21-36(34)43/h1-26,37H,(H,40,41,42). The minimum absolute atomic E-state index is 0.343. The Morgan fingerprint density at radius 3 is 1.65 bits per heavy atom.